The minimum atomic E-state index is 0. The molecule has 73 heavy (non-hydrogen) atoms. The summed E-state index contributed by atoms with van der Waals surface area (Å²) in [5.74, 6) is 3.76. The van der Waals surface area contributed by atoms with Gasteiger partial charge in [-0.25, -0.2) is 9.97 Å². The predicted molar refractivity (Wildman–Crippen MR) is 297 cm³/mol. The first-order chi connectivity index (χ1) is 34.5. The third-order valence-corrected chi connectivity index (χ3v) is 12.5. The van der Waals surface area contributed by atoms with E-state index in [1.54, 1.807) is 62.6 Å². The lowest BCUT2D eigenvalue weighted by atomic mass is 9.99. The molecule has 0 amide bonds. The second-order valence-corrected chi connectivity index (χ2v) is 19.3. The van der Waals surface area contributed by atoms with Crippen LogP contribution in [-0.2, 0) is 14.1 Å². The lowest BCUT2D eigenvalue weighted by molar-refractivity contribution is 0.375. The van der Waals surface area contributed by atoms with Crippen molar-refractivity contribution in [2.24, 2.45) is 25.9 Å². The summed E-state index contributed by atoms with van der Waals surface area (Å²) in [6.07, 6.45) is 11.1. The van der Waals surface area contributed by atoms with Crippen LogP contribution in [0.25, 0.3) is 44.6 Å². The van der Waals surface area contributed by atoms with E-state index in [1.165, 1.54) is 0 Å². The SMILES string of the molecule is C.COc1cc(OC)cc(N(CC(NC(C)C)C(C)C)c2ccc3ncc(-c4cnn(C)c4)nc3c2)c1.COc1cc(OC)cc(N(c2ccc3ncc(-c4cnn(C)c4)nc3c2)C(CNC(C)C)C(C)C)c1. The van der Waals surface area contributed by atoms with E-state index < -0.39 is 0 Å². The Bertz CT molecular complexity index is 3000. The van der Waals surface area contributed by atoms with Gasteiger partial charge >= 0.3 is 0 Å². The standard InChI is InChI=1S/2C28H36N6O2.CH4/c1-18(2)28(16-29-19(3)4)34(22-10-23(35-6)13-24(11-22)36-7)21-8-9-25-26(12-21)32-27(15-30-25)20-14-31-33(5)17-20;1-18(2)28(31-19(3)4)17-34(22-10-23(35-6)13-24(11-22)36-7)21-8-9-25-26(12-21)32-27(15-29-25)20-14-30-33(5)16-20;/h8-15,17-19,28-29H,16H2,1-7H3;8-16,18-19,28,31H,17H2,1-7H3;1H4. The highest BCUT2D eigenvalue weighted by molar-refractivity contribution is 5.84. The maximum Gasteiger partial charge on any atom is 0.124 e. The summed E-state index contributed by atoms with van der Waals surface area (Å²) >= 11 is 0. The highest BCUT2D eigenvalue weighted by atomic mass is 16.5. The van der Waals surface area contributed by atoms with E-state index in [9.17, 15) is 0 Å². The van der Waals surface area contributed by atoms with Crippen LogP contribution < -0.4 is 39.4 Å². The Kier molecular flexibility index (Phi) is 18.8. The summed E-state index contributed by atoms with van der Waals surface area (Å²) in [5.41, 5.74) is 10.8. The Morgan fingerprint density at radius 3 is 1.40 bits per heavy atom. The van der Waals surface area contributed by atoms with Crippen molar-refractivity contribution in [2.75, 3.05) is 51.3 Å². The molecule has 0 radical (unpaired) electrons. The van der Waals surface area contributed by atoms with E-state index in [2.05, 4.69) is 132 Å². The Balaban J connectivity index is 0.000000235. The van der Waals surface area contributed by atoms with Crippen LogP contribution in [0.2, 0.25) is 0 Å². The minimum absolute atomic E-state index is 0. The van der Waals surface area contributed by atoms with E-state index >= 15 is 0 Å². The number of methoxy groups -OCH3 is 4. The van der Waals surface area contributed by atoms with Crippen molar-refractivity contribution in [1.29, 1.82) is 0 Å². The van der Waals surface area contributed by atoms with Gasteiger partial charge < -0.3 is 39.4 Å². The summed E-state index contributed by atoms with van der Waals surface area (Å²) < 4.78 is 25.9. The first-order valence-electron chi connectivity index (χ1n) is 24.6. The molecule has 16 heteroatoms. The summed E-state index contributed by atoms with van der Waals surface area (Å²) in [6.45, 7) is 19.3. The maximum absolute atomic E-state index is 5.61. The molecule has 4 aromatic carbocycles. The molecule has 0 spiro atoms. The minimum Gasteiger partial charge on any atom is -0.497 e. The summed E-state index contributed by atoms with van der Waals surface area (Å²) in [7, 11) is 10.5. The van der Waals surface area contributed by atoms with Crippen LogP contribution in [0.1, 0.15) is 62.8 Å². The van der Waals surface area contributed by atoms with Crippen molar-refractivity contribution >= 4 is 44.8 Å². The van der Waals surface area contributed by atoms with Crippen molar-refractivity contribution in [3.05, 3.63) is 110 Å². The van der Waals surface area contributed by atoms with Crippen LogP contribution in [0.5, 0.6) is 23.0 Å². The molecule has 0 fully saturated rings. The molecule has 0 saturated heterocycles. The van der Waals surface area contributed by atoms with Gasteiger partial charge in [0.25, 0.3) is 0 Å². The highest BCUT2D eigenvalue weighted by Crippen LogP contribution is 2.38. The Labute approximate surface area is 432 Å². The van der Waals surface area contributed by atoms with Gasteiger partial charge in [0.2, 0.25) is 0 Å². The number of fused-ring (bicyclic) bond motifs is 2. The average molecular weight is 993 g/mol. The zero-order valence-corrected chi connectivity index (χ0v) is 44.4. The van der Waals surface area contributed by atoms with E-state index in [1.807, 2.05) is 62.9 Å². The molecule has 8 aromatic rings. The first kappa shape index (κ1) is 55.0. The smallest absolute Gasteiger partial charge is 0.124 e. The molecule has 4 heterocycles. The van der Waals surface area contributed by atoms with Gasteiger partial charge in [-0.3, -0.25) is 19.3 Å². The number of hydrogen-bond acceptors (Lipinski definition) is 14. The summed E-state index contributed by atoms with van der Waals surface area (Å²) in [6, 6.07) is 25.6. The molecule has 0 bridgehead atoms. The van der Waals surface area contributed by atoms with Crippen molar-refractivity contribution in [3.63, 3.8) is 0 Å². The molecular formula is C57H76N12O4. The predicted octanol–water partition coefficient (Wildman–Crippen LogP) is 11.1. The average Bonchev–Trinajstić information content (AvgIpc) is 4.02. The normalized spacial score (nSPS) is 12.2. The fraction of sp³-hybridized carbons (Fsp3) is 0.404. The van der Waals surface area contributed by atoms with Crippen LogP contribution in [0.3, 0.4) is 0 Å². The third kappa shape index (κ3) is 13.8. The molecule has 0 aliphatic heterocycles. The molecule has 8 rings (SSSR count). The molecule has 388 valence electrons. The number of hydrogen-bond donors (Lipinski definition) is 2. The molecular weight excluding hydrogens is 917 g/mol. The van der Waals surface area contributed by atoms with Crippen LogP contribution >= 0.6 is 0 Å². The summed E-state index contributed by atoms with van der Waals surface area (Å²) in [4.78, 5) is 23.8. The quantitative estimate of drug-likeness (QED) is 0.0744. The van der Waals surface area contributed by atoms with Crippen LogP contribution in [0.4, 0.5) is 22.7 Å². The number of aromatic nitrogens is 8. The second-order valence-electron chi connectivity index (χ2n) is 19.3. The monoisotopic (exact) mass is 993 g/mol. The Morgan fingerprint density at radius 1 is 0.521 bits per heavy atom. The van der Waals surface area contributed by atoms with Gasteiger partial charge in [-0.2, -0.15) is 10.2 Å². The number of ether oxygens (including phenoxy) is 4. The maximum atomic E-state index is 5.61. The van der Waals surface area contributed by atoms with Gasteiger partial charge in [-0.15, -0.1) is 0 Å². The Hall–Kier alpha value is -7.30. The molecule has 4 aromatic heterocycles. The van der Waals surface area contributed by atoms with Crippen molar-refractivity contribution in [1.82, 2.24) is 50.1 Å². The van der Waals surface area contributed by atoms with Crippen LogP contribution in [-0.4, -0.2) is 105 Å². The van der Waals surface area contributed by atoms with Crippen molar-refractivity contribution in [3.8, 4) is 45.5 Å². The molecule has 0 aliphatic rings. The number of rotatable bonds is 20. The number of benzene rings is 4. The van der Waals surface area contributed by atoms with Gasteiger partial charge in [0.1, 0.15) is 23.0 Å². The molecule has 2 unspecified atom stereocenters. The molecule has 16 nitrogen and oxygen atoms in total. The van der Waals surface area contributed by atoms with E-state index in [-0.39, 0.29) is 19.5 Å². The number of nitrogens with one attached hydrogen (secondary N) is 2. The van der Waals surface area contributed by atoms with E-state index in [0.717, 1.165) is 103 Å². The summed E-state index contributed by atoms with van der Waals surface area (Å²) in [5, 5.41) is 15.9. The molecule has 0 aliphatic carbocycles. The fourth-order valence-corrected chi connectivity index (χ4v) is 8.54. The topological polar surface area (TPSA) is 155 Å². The lowest BCUT2D eigenvalue weighted by Crippen LogP contribution is -2.45. The van der Waals surface area contributed by atoms with Crippen molar-refractivity contribution < 1.29 is 18.9 Å². The van der Waals surface area contributed by atoms with Gasteiger partial charge in [-0.05, 0) is 48.2 Å². The number of aryl methyl sites for hydroxylation is 2. The van der Waals surface area contributed by atoms with E-state index in [0.29, 0.717) is 23.9 Å². The van der Waals surface area contributed by atoms with Gasteiger partial charge in [-0.1, -0.05) is 62.8 Å². The number of nitrogens with zero attached hydrogens (tertiary/aromatic N) is 10. The van der Waals surface area contributed by atoms with Crippen LogP contribution in [0.15, 0.2) is 110 Å². The second kappa shape index (κ2) is 24.9. The van der Waals surface area contributed by atoms with Crippen LogP contribution in [0, 0.1) is 11.8 Å². The number of anilines is 4. The molecule has 0 saturated carbocycles. The Morgan fingerprint density at radius 2 is 0.986 bits per heavy atom. The van der Waals surface area contributed by atoms with Gasteiger partial charge in [0.15, 0.2) is 0 Å². The van der Waals surface area contributed by atoms with E-state index in [4.69, 9.17) is 28.9 Å². The largest absolute Gasteiger partial charge is 0.497 e. The fourth-order valence-electron chi connectivity index (χ4n) is 8.54. The zero-order valence-electron chi connectivity index (χ0n) is 44.4. The zero-order chi connectivity index (χ0) is 51.6. The molecule has 2 atom stereocenters. The highest BCUT2D eigenvalue weighted by Gasteiger charge is 2.27. The first-order valence-corrected chi connectivity index (χ1v) is 24.6. The van der Waals surface area contributed by atoms with Gasteiger partial charge in [0, 0.05) is 134 Å². The lowest BCUT2D eigenvalue weighted by Gasteiger charge is -2.37. The molecule has 2 N–H and O–H groups in total. The third-order valence-electron chi connectivity index (χ3n) is 12.5. The van der Waals surface area contributed by atoms with Crippen molar-refractivity contribution in [2.45, 2.75) is 87.0 Å². The van der Waals surface area contributed by atoms with Gasteiger partial charge in [0.05, 0.1) is 86.7 Å².